The van der Waals surface area contributed by atoms with Crippen molar-refractivity contribution in [1.82, 2.24) is 10.2 Å². The first-order valence-electron chi connectivity index (χ1n) is 7.04. The van der Waals surface area contributed by atoms with E-state index in [1.54, 1.807) is 0 Å². The topological polar surface area (TPSA) is 50.8 Å². The molecule has 1 unspecified atom stereocenters. The van der Waals surface area contributed by atoms with Gasteiger partial charge in [-0.1, -0.05) is 12.8 Å². The van der Waals surface area contributed by atoms with E-state index < -0.39 is 0 Å². The number of carbonyl (C=O) groups excluding carboxylic acids is 1. The van der Waals surface area contributed by atoms with Gasteiger partial charge in [-0.2, -0.15) is 0 Å². The van der Waals surface area contributed by atoms with Gasteiger partial charge in [0.15, 0.2) is 0 Å². The molecule has 1 N–H and O–H groups in total. The zero-order valence-corrected chi connectivity index (χ0v) is 11.0. The summed E-state index contributed by atoms with van der Waals surface area (Å²) in [5.74, 6) is 0.216. The van der Waals surface area contributed by atoms with Crippen molar-refractivity contribution >= 4 is 5.91 Å². The Balaban J connectivity index is 1.61. The summed E-state index contributed by atoms with van der Waals surface area (Å²) < 4.78 is 10.8. The van der Waals surface area contributed by atoms with Gasteiger partial charge < -0.3 is 19.7 Å². The first-order chi connectivity index (χ1) is 8.86. The van der Waals surface area contributed by atoms with Crippen molar-refractivity contribution in [3.63, 3.8) is 0 Å². The minimum atomic E-state index is 0.0932. The molecule has 2 aliphatic rings. The molecule has 2 heterocycles. The predicted molar refractivity (Wildman–Crippen MR) is 68.5 cm³/mol. The number of nitrogens with zero attached hydrogens (tertiary/aromatic N) is 1. The monoisotopic (exact) mass is 256 g/mol. The molecule has 5 nitrogen and oxygen atoms in total. The third-order valence-corrected chi connectivity index (χ3v) is 3.49. The van der Waals surface area contributed by atoms with Crippen LogP contribution in [-0.2, 0) is 14.3 Å². The summed E-state index contributed by atoms with van der Waals surface area (Å²) in [5.41, 5.74) is 0. The van der Waals surface area contributed by atoms with Crippen LogP contribution >= 0.6 is 0 Å². The van der Waals surface area contributed by atoms with Gasteiger partial charge in [0, 0.05) is 19.6 Å². The third kappa shape index (κ3) is 4.55. The minimum Gasteiger partial charge on any atom is -0.376 e. The fraction of sp³-hybridized carbons (Fsp3) is 0.923. The maximum Gasteiger partial charge on any atom is 0.236 e. The number of hydrogen-bond acceptors (Lipinski definition) is 4. The van der Waals surface area contributed by atoms with Crippen molar-refractivity contribution in [2.45, 2.75) is 31.8 Å². The van der Waals surface area contributed by atoms with Crippen molar-refractivity contribution in [3.8, 4) is 0 Å². The summed E-state index contributed by atoms with van der Waals surface area (Å²) >= 11 is 0. The number of carbonyl (C=O) groups is 1. The van der Waals surface area contributed by atoms with Gasteiger partial charge in [0.25, 0.3) is 0 Å². The molecule has 0 aromatic carbocycles. The molecule has 0 saturated carbocycles. The van der Waals surface area contributed by atoms with E-state index in [-0.39, 0.29) is 12.0 Å². The minimum absolute atomic E-state index is 0.0932. The Morgan fingerprint density at radius 3 is 2.61 bits per heavy atom. The highest BCUT2D eigenvalue weighted by Crippen LogP contribution is 2.09. The summed E-state index contributed by atoms with van der Waals surface area (Å²) in [6.07, 6.45) is 4.89. The molecule has 5 heteroatoms. The molecular weight excluding hydrogens is 232 g/mol. The second-order valence-electron chi connectivity index (χ2n) is 4.99. The molecule has 0 aromatic rings. The van der Waals surface area contributed by atoms with Crippen LogP contribution in [0.3, 0.4) is 0 Å². The highest BCUT2D eigenvalue weighted by atomic mass is 16.6. The number of nitrogens with one attached hydrogen (secondary N) is 1. The molecule has 2 fully saturated rings. The summed E-state index contributed by atoms with van der Waals surface area (Å²) in [7, 11) is 0. The maximum atomic E-state index is 12.0. The fourth-order valence-electron chi connectivity index (χ4n) is 2.43. The smallest absolute Gasteiger partial charge is 0.236 e. The van der Waals surface area contributed by atoms with Gasteiger partial charge in [0.1, 0.15) is 0 Å². The standard InChI is InChI=1S/C13H24N2O3/c16-13(15-5-3-1-2-4-6-15)10-14-9-12-11-17-7-8-18-12/h12,14H,1-11H2. The second-order valence-corrected chi connectivity index (χ2v) is 4.99. The van der Waals surface area contributed by atoms with Gasteiger partial charge in [0.05, 0.1) is 32.5 Å². The molecule has 2 aliphatic heterocycles. The number of ether oxygens (including phenoxy) is 2. The van der Waals surface area contributed by atoms with Crippen LogP contribution in [0.4, 0.5) is 0 Å². The van der Waals surface area contributed by atoms with Crippen LogP contribution in [-0.4, -0.2) is 62.9 Å². The normalized spacial score (nSPS) is 25.8. The molecule has 2 saturated heterocycles. The van der Waals surface area contributed by atoms with Crippen LogP contribution in [0.15, 0.2) is 0 Å². The Morgan fingerprint density at radius 1 is 1.17 bits per heavy atom. The average Bonchev–Trinajstić information content (AvgIpc) is 2.69. The van der Waals surface area contributed by atoms with Crippen LogP contribution in [0.25, 0.3) is 0 Å². The molecule has 18 heavy (non-hydrogen) atoms. The van der Waals surface area contributed by atoms with Crippen molar-refractivity contribution in [1.29, 1.82) is 0 Å². The SMILES string of the molecule is O=C(CNCC1COCCO1)N1CCCCCC1. The quantitative estimate of drug-likeness (QED) is 0.791. The lowest BCUT2D eigenvalue weighted by atomic mass is 10.2. The summed E-state index contributed by atoms with van der Waals surface area (Å²) in [6, 6.07) is 0. The predicted octanol–water partition coefficient (Wildman–Crippen LogP) is 0.394. The lowest BCUT2D eigenvalue weighted by Crippen LogP contribution is -2.43. The summed E-state index contributed by atoms with van der Waals surface area (Å²) in [4.78, 5) is 14.0. The number of likely N-dealkylation sites (tertiary alicyclic amines) is 1. The van der Waals surface area contributed by atoms with Gasteiger partial charge >= 0.3 is 0 Å². The summed E-state index contributed by atoms with van der Waals surface area (Å²) in [5, 5.41) is 3.18. The first-order valence-corrected chi connectivity index (χ1v) is 7.04. The number of rotatable bonds is 4. The van der Waals surface area contributed by atoms with E-state index in [2.05, 4.69) is 5.32 Å². The van der Waals surface area contributed by atoms with Crippen LogP contribution in [0, 0.1) is 0 Å². The highest BCUT2D eigenvalue weighted by molar-refractivity contribution is 5.78. The Bertz CT molecular complexity index is 247. The average molecular weight is 256 g/mol. The fourth-order valence-corrected chi connectivity index (χ4v) is 2.43. The largest absolute Gasteiger partial charge is 0.376 e. The van der Waals surface area contributed by atoms with E-state index in [1.807, 2.05) is 4.90 Å². The van der Waals surface area contributed by atoms with Gasteiger partial charge in [-0.05, 0) is 12.8 Å². The maximum absolute atomic E-state index is 12.0. The zero-order valence-electron chi connectivity index (χ0n) is 11.0. The molecule has 0 bridgehead atoms. The van der Waals surface area contributed by atoms with Crippen LogP contribution < -0.4 is 5.32 Å². The van der Waals surface area contributed by atoms with Crippen LogP contribution in [0.1, 0.15) is 25.7 Å². The van der Waals surface area contributed by atoms with Crippen molar-refractivity contribution in [2.75, 3.05) is 46.0 Å². The van der Waals surface area contributed by atoms with E-state index in [0.29, 0.717) is 32.9 Å². The molecule has 0 radical (unpaired) electrons. The molecule has 1 amide bonds. The summed E-state index contributed by atoms with van der Waals surface area (Å²) in [6.45, 7) is 4.92. The third-order valence-electron chi connectivity index (χ3n) is 3.49. The lowest BCUT2D eigenvalue weighted by Gasteiger charge is -2.24. The van der Waals surface area contributed by atoms with Crippen LogP contribution in [0.5, 0.6) is 0 Å². The highest BCUT2D eigenvalue weighted by Gasteiger charge is 2.17. The van der Waals surface area contributed by atoms with Gasteiger partial charge in [0.2, 0.25) is 5.91 Å². The molecule has 0 aromatic heterocycles. The zero-order chi connectivity index (χ0) is 12.6. The van der Waals surface area contributed by atoms with Gasteiger partial charge in [-0.25, -0.2) is 0 Å². The molecule has 104 valence electrons. The Labute approximate surface area is 109 Å². The van der Waals surface area contributed by atoms with Crippen molar-refractivity contribution < 1.29 is 14.3 Å². The molecule has 2 rings (SSSR count). The Kier molecular flexibility index (Phi) is 5.90. The first kappa shape index (κ1) is 13.8. The van der Waals surface area contributed by atoms with E-state index in [4.69, 9.17) is 9.47 Å². The number of amides is 1. The van der Waals surface area contributed by atoms with Gasteiger partial charge in [-0.15, -0.1) is 0 Å². The van der Waals surface area contributed by atoms with E-state index >= 15 is 0 Å². The van der Waals surface area contributed by atoms with E-state index in [0.717, 1.165) is 25.9 Å². The molecule has 0 aliphatic carbocycles. The van der Waals surface area contributed by atoms with Gasteiger partial charge in [-0.3, -0.25) is 4.79 Å². The molecular formula is C13H24N2O3. The lowest BCUT2D eigenvalue weighted by molar-refractivity contribution is -0.130. The van der Waals surface area contributed by atoms with Crippen molar-refractivity contribution in [2.24, 2.45) is 0 Å². The molecule has 1 atom stereocenters. The van der Waals surface area contributed by atoms with Crippen LogP contribution in [0.2, 0.25) is 0 Å². The van der Waals surface area contributed by atoms with E-state index in [9.17, 15) is 4.79 Å². The number of hydrogen-bond donors (Lipinski definition) is 1. The Morgan fingerprint density at radius 2 is 1.94 bits per heavy atom. The Hall–Kier alpha value is -0.650. The molecule has 0 spiro atoms. The van der Waals surface area contributed by atoms with Crippen molar-refractivity contribution in [3.05, 3.63) is 0 Å². The van der Waals surface area contributed by atoms with E-state index in [1.165, 1.54) is 12.8 Å². The second kappa shape index (κ2) is 7.71.